The molecule has 0 radical (unpaired) electrons. The number of halogens is 1. The number of nitrogens with one attached hydrogen (secondary N) is 2. The molecule has 2 aromatic rings. The highest BCUT2D eigenvalue weighted by Crippen LogP contribution is 2.01. The Bertz CT molecular complexity index is 493. The highest BCUT2D eigenvalue weighted by atomic mass is 127. The number of aliphatic imine (C=N–C) groups is 1. The van der Waals surface area contributed by atoms with Crippen LogP contribution in [0.3, 0.4) is 0 Å². The van der Waals surface area contributed by atoms with Crippen molar-refractivity contribution in [3.05, 3.63) is 48.2 Å². The van der Waals surface area contributed by atoms with Crippen LogP contribution in [0.25, 0.3) is 0 Å². The van der Waals surface area contributed by atoms with Crippen LogP contribution >= 0.6 is 24.0 Å². The molecular formula is C14H21IN4O. The Morgan fingerprint density at radius 1 is 1.40 bits per heavy atom. The Labute approximate surface area is 136 Å². The molecule has 2 heterocycles. The average Bonchev–Trinajstić information content (AvgIpc) is 3.07. The number of aromatic amines is 1. The summed E-state index contributed by atoms with van der Waals surface area (Å²) in [6.07, 6.45) is 4.47. The molecule has 0 saturated carbocycles. The summed E-state index contributed by atoms with van der Waals surface area (Å²) >= 11 is 0. The maximum Gasteiger partial charge on any atom is 0.193 e. The van der Waals surface area contributed by atoms with E-state index in [1.54, 1.807) is 13.3 Å². The number of furan rings is 1. The van der Waals surface area contributed by atoms with E-state index >= 15 is 0 Å². The van der Waals surface area contributed by atoms with Crippen LogP contribution in [-0.4, -0.2) is 36.5 Å². The van der Waals surface area contributed by atoms with Crippen LogP contribution in [0.4, 0.5) is 0 Å². The molecule has 0 saturated heterocycles. The molecule has 2 N–H and O–H groups in total. The summed E-state index contributed by atoms with van der Waals surface area (Å²) in [7, 11) is 3.81. The molecular weight excluding hydrogens is 367 g/mol. The van der Waals surface area contributed by atoms with Crippen LogP contribution in [-0.2, 0) is 13.0 Å². The highest BCUT2D eigenvalue weighted by Gasteiger charge is 2.06. The van der Waals surface area contributed by atoms with Crippen LogP contribution in [0.2, 0.25) is 0 Å². The third-order valence-corrected chi connectivity index (χ3v) is 2.88. The molecule has 2 rings (SSSR count). The zero-order valence-corrected chi connectivity index (χ0v) is 14.1. The monoisotopic (exact) mass is 388 g/mol. The predicted octanol–water partition coefficient (Wildman–Crippen LogP) is 2.48. The normalized spacial score (nSPS) is 11.0. The van der Waals surface area contributed by atoms with E-state index < -0.39 is 0 Å². The number of hydrogen-bond donors (Lipinski definition) is 2. The Kier molecular flexibility index (Phi) is 7.21. The van der Waals surface area contributed by atoms with Crippen molar-refractivity contribution < 1.29 is 4.42 Å². The van der Waals surface area contributed by atoms with Crippen molar-refractivity contribution in [3.63, 3.8) is 0 Å². The molecule has 5 nitrogen and oxygen atoms in total. The molecule has 6 heteroatoms. The molecule has 0 amide bonds. The first-order valence-electron chi connectivity index (χ1n) is 6.36. The minimum absolute atomic E-state index is 0. The molecule has 0 aliphatic rings. The molecule has 20 heavy (non-hydrogen) atoms. The fourth-order valence-electron chi connectivity index (χ4n) is 1.93. The van der Waals surface area contributed by atoms with E-state index in [9.17, 15) is 0 Å². The lowest BCUT2D eigenvalue weighted by Crippen LogP contribution is -2.39. The summed E-state index contributed by atoms with van der Waals surface area (Å²) < 4.78 is 5.30. The molecule has 0 fully saturated rings. The van der Waals surface area contributed by atoms with Crippen molar-refractivity contribution in [2.75, 3.05) is 20.6 Å². The number of nitrogens with zero attached hydrogens (tertiary/aromatic N) is 2. The second kappa shape index (κ2) is 8.68. The van der Waals surface area contributed by atoms with Crippen molar-refractivity contribution in [1.82, 2.24) is 15.2 Å². The molecule has 2 aromatic heterocycles. The van der Waals surface area contributed by atoms with Gasteiger partial charge in [0.1, 0.15) is 5.76 Å². The Morgan fingerprint density at radius 3 is 2.85 bits per heavy atom. The maximum absolute atomic E-state index is 5.30. The van der Waals surface area contributed by atoms with Gasteiger partial charge in [-0.2, -0.15) is 0 Å². The van der Waals surface area contributed by atoms with E-state index in [2.05, 4.69) is 26.3 Å². The van der Waals surface area contributed by atoms with Crippen LogP contribution in [0, 0.1) is 0 Å². The number of guanidine groups is 1. The van der Waals surface area contributed by atoms with Crippen molar-refractivity contribution in [1.29, 1.82) is 0 Å². The van der Waals surface area contributed by atoms with Crippen molar-refractivity contribution in [2.45, 2.75) is 13.0 Å². The first kappa shape index (κ1) is 16.6. The summed E-state index contributed by atoms with van der Waals surface area (Å²) in [6.45, 7) is 1.60. The van der Waals surface area contributed by atoms with Gasteiger partial charge in [0.05, 0.1) is 12.8 Å². The quantitative estimate of drug-likeness (QED) is 0.470. The van der Waals surface area contributed by atoms with Gasteiger partial charge >= 0.3 is 0 Å². The smallest absolute Gasteiger partial charge is 0.193 e. The lowest BCUT2D eigenvalue weighted by Gasteiger charge is -2.21. The van der Waals surface area contributed by atoms with Crippen LogP contribution in [0.5, 0.6) is 0 Å². The Hall–Kier alpha value is -1.44. The zero-order chi connectivity index (χ0) is 13.5. The van der Waals surface area contributed by atoms with E-state index in [-0.39, 0.29) is 24.0 Å². The molecule has 0 spiro atoms. The van der Waals surface area contributed by atoms with Gasteiger partial charge in [-0.1, -0.05) is 0 Å². The van der Waals surface area contributed by atoms with Gasteiger partial charge in [-0.05, 0) is 24.3 Å². The molecule has 0 aromatic carbocycles. The van der Waals surface area contributed by atoms with Gasteiger partial charge < -0.3 is 19.6 Å². The highest BCUT2D eigenvalue weighted by molar-refractivity contribution is 14.0. The van der Waals surface area contributed by atoms with Gasteiger partial charge in [0, 0.05) is 39.0 Å². The molecule has 0 aliphatic carbocycles. The Morgan fingerprint density at radius 2 is 2.25 bits per heavy atom. The number of hydrogen-bond acceptors (Lipinski definition) is 2. The first-order chi connectivity index (χ1) is 9.29. The summed E-state index contributed by atoms with van der Waals surface area (Å²) in [5.41, 5.74) is 1.16. The minimum Gasteiger partial charge on any atom is -0.469 e. The molecule has 0 bridgehead atoms. The van der Waals surface area contributed by atoms with Crippen molar-refractivity contribution >= 4 is 29.9 Å². The SMILES string of the molecule is CN=C(NCCc1ccco1)N(C)Cc1ccc[nH]1.I. The molecule has 0 unspecified atom stereocenters. The standard InChI is InChI=1S/C14H20N4O.HI/c1-15-14(17-9-7-13-6-4-10-19-13)18(2)11-12-5-3-8-16-12;/h3-6,8,10,16H,7,9,11H2,1-2H3,(H,15,17);1H. The van der Waals surface area contributed by atoms with Gasteiger partial charge in [0.15, 0.2) is 5.96 Å². The summed E-state index contributed by atoms with van der Waals surface area (Å²) in [4.78, 5) is 9.54. The summed E-state index contributed by atoms with van der Waals surface area (Å²) in [5.74, 6) is 1.86. The van der Waals surface area contributed by atoms with Gasteiger partial charge in [0.25, 0.3) is 0 Å². The topological polar surface area (TPSA) is 56.6 Å². The van der Waals surface area contributed by atoms with E-state index in [4.69, 9.17) is 4.42 Å². The molecule has 0 atom stereocenters. The Balaban J connectivity index is 0.00000200. The van der Waals surface area contributed by atoms with Crippen molar-refractivity contribution in [3.8, 4) is 0 Å². The lowest BCUT2D eigenvalue weighted by molar-refractivity contribution is 0.465. The van der Waals surface area contributed by atoms with Gasteiger partial charge in [-0.3, -0.25) is 4.99 Å². The number of H-pyrrole nitrogens is 1. The van der Waals surface area contributed by atoms with Gasteiger partial charge in [0.2, 0.25) is 0 Å². The third kappa shape index (κ3) is 4.92. The summed E-state index contributed by atoms with van der Waals surface area (Å²) in [6, 6.07) is 7.94. The van der Waals surface area contributed by atoms with Gasteiger partial charge in [-0.25, -0.2) is 0 Å². The fourth-order valence-corrected chi connectivity index (χ4v) is 1.93. The van der Waals surface area contributed by atoms with E-state index in [1.165, 1.54) is 0 Å². The van der Waals surface area contributed by atoms with Crippen LogP contribution < -0.4 is 5.32 Å². The van der Waals surface area contributed by atoms with E-state index in [0.29, 0.717) is 0 Å². The maximum atomic E-state index is 5.30. The second-order valence-corrected chi connectivity index (χ2v) is 4.35. The number of aromatic nitrogens is 1. The van der Waals surface area contributed by atoms with Crippen LogP contribution in [0.15, 0.2) is 46.1 Å². The second-order valence-electron chi connectivity index (χ2n) is 4.35. The van der Waals surface area contributed by atoms with E-state index in [1.807, 2.05) is 31.4 Å². The zero-order valence-electron chi connectivity index (χ0n) is 11.8. The molecule has 110 valence electrons. The third-order valence-electron chi connectivity index (χ3n) is 2.88. The number of rotatable bonds is 5. The molecule has 0 aliphatic heterocycles. The summed E-state index contributed by atoms with van der Waals surface area (Å²) in [5, 5.41) is 3.32. The minimum atomic E-state index is 0. The van der Waals surface area contributed by atoms with Crippen LogP contribution in [0.1, 0.15) is 11.5 Å². The predicted molar refractivity (Wildman–Crippen MR) is 91.4 cm³/mol. The lowest BCUT2D eigenvalue weighted by atomic mass is 10.3. The largest absolute Gasteiger partial charge is 0.469 e. The fraction of sp³-hybridized carbons (Fsp3) is 0.357. The average molecular weight is 388 g/mol. The first-order valence-corrected chi connectivity index (χ1v) is 6.36. The van der Waals surface area contributed by atoms with E-state index in [0.717, 1.165) is 36.9 Å². The van der Waals surface area contributed by atoms with Crippen molar-refractivity contribution in [2.24, 2.45) is 4.99 Å². The van der Waals surface area contributed by atoms with Gasteiger partial charge in [-0.15, -0.1) is 24.0 Å².